The molecule has 0 aliphatic rings. The van der Waals surface area contributed by atoms with Gasteiger partial charge in [0.25, 0.3) is 0 Å². The Kier molecular flexibility index (Phi) is 4.72. The number of aliphatic hydroxyl groups excluding tert-OH is 1. The lowest BCUT2D eigenvalue weighted by Crippen LogP contribution is -2.10. The van der Waals surface area contributed by atoms with E-state index in [1.807, 2.05) is 19.2 Å². The topological polar surface area (TPSA) is 32.3 Å². The van der Waals surface area contributed by atoms with Crippen LogP contribution >= 0.6 is 0 Å². The summed E-state index contributed by atoms with van der Waals surface area (Å²) in [5, 5.41) is 12.6. The van der Waals surface area contributed by atoms with Crippen LogP contribution in [-0.4, -0.2) is 18.7 Å². The summed E-state index contributed by atoms with van der Waals surface area (Å²) in [6, 6.07) is 14.7. The van der Waals surface area contributed by atoms with Gasteiger partial charge in [-0.3, -0.25) is 0 Å². The first-order valence-electron chi connectivity index (χ1n) is 6.69. The van der Waals surface area contributed by atoms with Crippen molar-refractivity contribution in [1.82, 2.24) is 5.32 Å². The van der Waals surface area contributed by atoms with Gasteiger partial charge in [0, 0.05) is 0 Å². The summed E-state index contributed by atoms with van der Waals surface area (Å²) < 4.78 is 0. The summed E-state index contributed by atoms with van der Waals surface area (Å²) in [6.07, 6.45) is 1.02. The fourth-order valence-electron chi connectivity index (χ4n) is 2.26. The minimum absolute atomic E-state index is 0.0797. The molecule has 0 aliphatic carbocycles. The van der Waals surface area contributed by atoms with Crippen LogP contribution in [0.3, 0.4) is 0 Å². The van der Waals surface area contributed by atoms with E-state index in [2.05, 4.69) is 42.6 Å². The van der Waals surface area contributed by atoms with Crippen molar-refractivity contribution in [3.05, 3.63) is 59.2 Å². The van der Waals surface area contributed by atoms with Gasteiger partial charge < -0.3 is 10.4 Å². The summed E-state index contributed by atoms with van der Waals surface area (Å²) in [5.41, 5.74) is 5.83. The largest absolute Gasteiger partial charge is 0.392 e. The highest BCUT2D eigenvalue weighted by atomic mass is 16.3. The number of likely N-dealkylation sites (N-methyl/N-ethyl adjacent to an activating group) is 1. The molecular formula is C17H21NO. The normalized spacial score (nSPS) is 10.7. The minimum atomic E-state index is 0.0797. The van der Waals surface area contributed by atoms with Crippen molar-refractivity contribution in [2.75, 3.05) is 13.6 Å². The molecule has 0 bridgehead atoms. The van der Waals surface area contributed by atoms with Crippen molar-refractivity contribution in [2.24, 2.45) is 0 Å². The lowest BCUT2D eigenvalue weighted by molar-refractivity contribution is 0.282. The number of nitrogens with one attached hydrogen (secondary N) is 1. The van der Waals surface area contributed by atoms with Crippen LogP contribution in [0.25, 0.3) is 11.1 Å². The zero-order valence-electron chi connectivity index (χ0n) is 11.6. The zero-order valence-corrected chi connectivity index (χ0v) is 11.6. The smallest absolute Gasteiger partial charge is 0.0687 e. The van der Waals surface area contributed by atoms with Crippen molar-refractivity contribution in [2.45, 2.75) is 20.0 Å². The van der Waals surface area contributed by atoms with Crippen LogP contribution in [0.1, 0.15) is 16.7 Å². The van der Waals surface area contributed by atoms with E-state index in [1.54, 1.807) is 0 Å². The van der Waals surface area contributed by atoms with Crippen LogP contribution in [0, 0.1) is 6.92 Å². The van der Waals surface area contributed by atoms with Gasteiger partial charge in [-0.1, -0.05) is 48.0 Å². The molecule has 0 heterocycles. The molecule has 0 fully saturated rings. The third-order valence-corrected chi connectivity index (χ3v) is 3.34. The van der Waals surface area contributed by atoms with E-state index < -0.39 is 0 Å². The van der Waals surface area contributed by atoms with E-state index in [4.69, 9.17) is 0 Å². The molecular weight excluding hydrogens is 234 g/mol. The number of benzene rings is 2. The van der Waals surface area contributed by atoms with Crippen molar-refractivity contribution >= 4 is 0 Å². The SMILES string of the molecule is CNCCc1cccc(-c2cc(C)ccc2CO)c1. The molecule has 0 saturated heterocycles. The highest BCUT2D eigenvalue weighted by molar-refractivity contribution is 5.68. The Labute approximate surface area is 115 Å². The van der Waals surface area contributed by atoms with E-state index in [-0.39, 0.29) is 6.61 Å². The fourth-order valence-corrected chi connectivity index (χ4v) is 2.26. The molecule has 2 heteroatoms. The maximum absolute atomic E-state index is 9.47. The molecule has 2 rings (SSSR count). The Morgan fingerprint density at radius 3 is 2.68 bits per heavy atom. The van der Waals surface area contributed by atoms with Crippen LogP contribution in [0.15, 0.2) is 42.5 Å². The van der Waals surface area contributed by atoms with Crippen LogP contribution in [0.4, 0.5) is 0 Å². The quantitative estimate of drug-likeness (QED) is 0.861. The summed E-state index contributed by atoms with van der Waals surface area (Å²) in [6.45, 7) is 3.13. The average Bonchev–Trinajstić information content (AvgIpc) is 2.45. The Hall–Kier alpha value is -1.64. The van der Waals surface area contributed by atoms with Gasteiger partial charge in [0.05, 0.1) is 6.61 Å². The first kappa shape index (κ1) is 13.8. The Bertz CT molecular complexity index is 549. The van der Waals surface area contributed by atoms with Gasteiger partial charge in [-0.25, -0.2) is 0 Å². The Morgan fingerprint density at radius 2 is 1.95 bits per heavy atom. The van der Waals surface area contributed by atoms with Crippen LogP contribution in [0.2, 0.25) is 0 Å². The molecule has 2 nitrogen and oxygen atoms in total. The monoisotopic (exact) mass is 255 g/mol. The van der Waals surface area contributed by atoms with E-state index in [1.165, 1.54) is 16.7 Å². The van der Waals surface area contributed by atoms with Gasteiger partial charge >= 0.3 is 0 Å². The molecule has 0 saturated carbocycles. The number of aliphatic hydroxyl groups is 1. The van der Waals surface area contributed by atoms with Gasteiger partial charge in [0.2, 0.25) is 0 Å². The fraction of sp³-hybridized carbons (Fsp3) is 0.294. The molecule has 0 atom stereocenters. The summed E-state index contributed by atoms with van der Waals surface area (Å²) >= 11 is 0. The van der Waals surface area contributed by atoms with Gasteiger partial charge in [-0.2, -0.15) is 0 Å². The third kappa shape index (κ3) is 3.43. The van der Waals surface area contributed by atoms with Crippen molar-refractivity contribution in [3.8, 4) is 11.1 Å². The molecule has 0 unspecified atom stereocenters. The van der Waals surface area contributed by atoms with E-state index in [0.29, 0.717) is 0 Å². The zero-order chi connectivity index (χ0) is 13.7. The van der Waals surface area contributed by atoms with Gasteiger partial charge in [0.1, 0.15) is 0 Å². The van der Waals surface area contributed by atoms with Crippen molar-refractivity contribution < 1.29 is 5.11 Å². The Morgan fingerprint density at radius 1 is 1.11 bits per heavy atom. The molecule has 100 valence electrons. The summed E-state index contributed by atoms with van der Waals surface area (Å²) in [4.78, 5) is 0. The molecule has 0 amide bonds. The molecule has 0 spiro atoms. The molecule has 0 aromatic heterocycles. The molecule has 0 radical (unpaired) electrons. The maximum Gasteiger partial charge on any atom is 0.0687 e. The van der Waals surface area contributed by atoms with Gasteiger partial charge in [-0.05, 0) is 49.2 Å². The number of hydrogen-bond acceptors (Lipinski definition) is 2. The van der Waals surface area contributed by atoms with Crippen LogP contribution in [-0.2, 0) is 13.0 Å². The van der Waals surface area contributed by atoms with Gasteiger partial charge in [0.15, 0.2) is 0 Å². The molecule has 2 N–H and O–H groups in total. The maximum atomic E-state index is 9.47. The third-order valence-electron chi connectivity index (χ3n) is 3.34. The molecule has 2 aromatic carbocycles. The second-order valence-electron chi connectivity index (χ2n) is 4.87. The first-order valence-corrected chi connectivity index (χ1v) is 6.69. The first-order chi connectivity index (χ1) is 9.24. The molecule has 0 aliphatic heterocycles. The second-order valence-corrected chi connectivity index (χ2v) is 4.87. The number of rotatable bonds is 5. The average molecular weight is 255 g/mol. The number of aryl methyl sites for hydroxylation is 1. The summed E-state index contributed by atoms with van der Waals surface area (Å²) in [7, 11) is 1.97. The predicted molar refractivity (Wildman–Crippen MR) is 80.2 cm³/mol. The highest BCUT2D eigenvalue weighted by Gasteiger charge is 2.05. The molecule has 19 heavy (non-hydrogen) atoms. The van der Waals surface area contributed by atoms with Crippen molar-refractivity contribution in [3.63, 3.8) is 0 Å². The van der Waals surface area contributed by atoms with E-state index >= 15 is 0 Å². The lowest BCUT2D eigenvalue weighted by atomic mass is 9.96. The molecule has 2 aromatic rings. The predicted octanol–water partition coefficient (Wildman–Crippen LogP) is 2.92. The van der Waals surface area contributed by atoms with Crippen LogP contribution in [0.5, 0.6) is 0 Å². The van der Waals surface area contributed by atoms with E-state index in [9.17, 15) is 5.11 Å². The van der Waals surface area contributed by atoms with Crippen LogP contribution < -0.4 is 5.32 Å². The van der Waals surface area contributed by atoms with E-state index in [0.717, 1.165) is 24.1 Å². The minimum Gasteiger partial charge on any atom is -0.392 e. The van der Waals surface area contributed by atoms with Gasteiger partial charge in [-0.15, -0.1) is 0 Å². The number of hydrogen-bond donors (Lipinski definition) is 2. The highest BCUT2D eigenvalue weighted by Crippen LogP contribution is 2.26. The Balaban J connectivity index is 2.38. The second kappa shape index (κ2) is 6.50. The van der Waals surface area contributed by atoms with Crippen molar-refractivity contribution in [1.29, 1.82) is 0 Å². The summed E-state index contributed by atoms with van der Waals surface area (Å²) in [5.74, 6) is 0. The standard InChI is InChI=1S/C17H21NO/c1-13-6-7-16(12-19)17(10-13)15-5-3-4-14(11-15)8-9-18-2/h3-7,10-11,18-19H,8-9,12H2,1-2H3. The lowest BCUT2D eigenvalue weighted by Gasteiger charge is -2.10.